The number of alkyl halides is 5. The van der Waals surface area contributed by atoms with Gasteiger partial charge in [-0.1, -0.05) is 18.7 Å². The van der Waals surface area contributed by atoms with Crippen molar-refractivity contribution in [1.29, 1.82) is 0 Å². The molecule has 0 aliphatic heterocycles. The monoisotopic (exact) mass is 370 g/mol. The first-order valence-electron chi connectivity index (χ1n) is 6.44. The van der Waals surface area contributed by atoms with Crippen LogP contribution in [0.15, 0.2) is 11.2 Å². The summed E-state index contributed by atoms with van der Waals surface area (Å²) in [5.74, 6) is -1.42. The smallest absolute Gasteiger partial charge is 0.266 e. The van der Waals surface area contributed by atoms with Crippen LogP contribution in [0.2, 0.25) is 0 Å². The molecule has 0 saturated carbocycles. The number of carbonyl (C=O) groups is 1. The van der Waals surface area contributed by atoms with Crippen molar-refractivity contribution >= 4 is 17.7 Å². The van der Waals surface area contributed by atoms with Gasteiger partial charge < -0.3 is 0 Å². The van der Waals surface area contributed by atoms with E-state index in [9.17, 15) is 26.7 Å². The number of aryl methyl sites for hydroxylation is 1. The standard InChI is InChI=1S/C11H11F5N6OS/c1-3-24-10-18-17-8(7(12)13)22(10)20-9(23)5-4-6(11(14,15)16)19-21(5)2/h4,7H,3H2,1-2H3,(H,20,23). The molecule has 0 fully saturated rings. The largest absolute Gasteiger partial charge is 0.435 e. The first kappa shape index (κ1) is 18.2. The number of hydrogen-bond acceptors (Lipinski definition) is 5. The lowest BCUT2D eigenvalue weighted by Crippen LogP contribution is -2.27. The second-order valence-electron chi connectivity index (χ2n) is 4.39. The summed E-state index contributed by atoms with van der Waals surface area (Å²) >= 11 is 1.03. The van der Waals surface area contributed by atoms with Crippen LogP contribution >= 0.6 is 11.8 Å². The molecule has 0 unspecified atom stereocenters. The number of halogens is 5. The van der Waals surface area contributed by atoms with Gasteiger partial charge in [-0.05, 0) is 5.75 Å². The highest BCUT2D eigenvalue weighted by atomic mass is 32.2. The van der Waals surface area contributed by atoms with Crippen molar-refractivity contribution in [3.8, 4) is 0 Å². The summed E-state index contributed by atoms with van der Waals surface area (Å²) in [7, 11) is 1.13. The predicted molar refractivity (Wildman–Crippen MR) is 73.3 cm³/mol. The molecule has 0 radical (unpaired) electrons. The molecule has 2 aromatic heterocycles. The highest BCUT2D eigenvalue weighted by Gasteiger charge is 2.35. The highest BCUT2D eigenvalue weighted by molar-refractivity contribution is 7.99. The van der Waals surface area contributed by atoms with Crippen molar-refractivity contribution in [3.63, 3.8) is 0 Å². The van der Waals surface area contributed by atoms with E-state index in [4.69, 9.17) is 0 Å². The molecule has 0 saturated heterocycles. The summed E-state index contributed by atoms with van der Waals surface area (Å²) in [4.78, 5) is 12.1. The molecule has 0 aliphatic carbocycles. The third kappa shape index (κ3) is 3.66. The van der Waals surface area contributed by atoms with E-state index >= 15 is 0 Å². The Morgan fingerprint density at radius 3 is 2.54 bits per heavy atom. The number of amides is 1. The van der Waals surface area contributed by atoms with Gasteiger partial charge in [0.25, 0.3) is 12.3 Å². The van der Waals surface area contributed by atoms with Gasteiger partial charge in [0.15, 0.2) is 5.69 Å². The van der Waals surface area contributed by atoms with Gasteiger partial charge >= 0.3 is 6.18 Å². The van der Waals surface area contributed by atoms with Crippen LogP contribution in [0.1, 0.15) is 35.4 Å². The Bertz CT molecular complexity index is 740. The Balaban J connectivity index is 2.33. The topological polar surface area (TPSA) is 77.6 Å². The van der Waals surface area contributed by atoms with E-state index in [1.165, 1.54) is 0 Å². The number of rotatable bonds is 5. The van der Waals surface area contributed by atoms with Crippen LogP contribution in [0.4, 0.5) is 22.0 Å². The molecule has 2 aromatic rings. The highest BCUT2D eigenvalue weighted by Crippen LogP contribution is 2.28. The second-order valence-corrected chi connectivity index (χ2v) is 5.62. The summed E-state index contributed by atoms with van der Waals surface area (Å²) in [5.41, 5.74) is 0.349. The maximum absolute atomic E-state index is 12.9. The molecule has 0 aliphatic rings. The van der Waals surface area contributed by atoms with E-state index in [-0.39, 0.29) is 5.16 Å². The van der Waals surface area contributed by atoms with Gasteiger partial charge in [-0.15, -0.1) is 10.2 Å². The zero-order chi connectivity index (χ0) is 18.1. The molecule has 7 nitrogen and oxygen atoms in total. The summed E-state index contributed by atoms with van der Waals surface area (Å²) < 4.78 is 65.1. The SMILES string of the molecule is CCSc1nnc(C(F)F)n1NC(=O)c1cc(C(F)(F)F)nn1C. The Kier molecular flexibility index (Phi) is 5.11. The molecule has 2 rings (SSSR count). The number of aromatic nitrogens is 5. The zero-order valence-corrected chi connectivity index (χ0v) is 13.1. The Morgan fingerprint density at radius 2 is 2.04 bits per heavy atom. The van der Waals surface area contributed by atoms with E-state index in [0.717, 1.165) is 18.8 Å². The lowest BCUT2D eigenvalue weighted by atomic mass is 10.3. The quantitative estimate of drug-likeness (QED) is 0.646. The van der Waals surface area contributed by atoms with Crippen LogP contribution in [0, 0.1) is 0 Å². The number of thioether (sulfide) groups is 1. The molecule has 13 heteroatoms. The van der Waals surface area contributed by atoms with Crippen molar-refractivity contribution in [3.05, 3.63) is 23.3 Å². The summed E-state index contributed by atoms with van der Waals surface area (Å²) in [6.07, 6.45) is -7.76. The fourth-order valence-electron chi connectivity index (χ4n) is 1.73. The summed E-state index contributed by atoms with van der Waals surface area (Å²) in [6.45, 7) is 1.73. The van der Waals surface area contributed by atoms with Gasteiger partial charge in [-0.25, -0.2) is 13.5 Å². The van der Waals surface area contributed by atoms with E-state index in [0.29, 0.717) is 21.2 Å². The van der Waals surface area contributed by atoms with Gasteiger partial charge in [0.1, 0.15) is 5.69 Å². The van der Waals surface area contributed by atoms with Gasteiger partial charge in [0.2, 0.25) is 11.0 Å². The van der Waals surface area contributed by atoms with Gasteiger partial charge in [0, 0.05) is 13.1 Å². The third-order valence-electron chi connectivity index (χ3n) is 2.74. The third-order valence-corrected chi connectivity index (χ3v) is 3.55. The van der Waals surface area contributed by atoms with Crippen molar-refractivity contribution in [2.45, 2.75) is 24.7 Å². The fraction of sp³-hybridized carbons (Fsp3) is 0.455. The Morgan fingerprint density at radius 1 is 1.38 bits per heavy atom. The molecular weight excluding hydrogens is 359 g/mol. The van der Waals surface area contributed by atoms with Crippen LogP contribution in [-0.4, -0.2) is 36.3 Å². The predicted octanol–water partition coefficient (Wildman–Crippen LogP) is 2.46. The van der Waals surface area contributed by atoms with Crippen molar-refractivity contribution in [2.75, 3.05) is 11.2 Å². The number of carbonyl (C=O) groups excluding carboxylic acids is 1. The molecule has 2 heterocycles. The van der Waals surface area contributed by atoms with E-state index in [1.807, 2.05) is 0 Å². The van der Waals surface area contributed by atoms with Crippen LogP contribution in [0.3, 0.4) is 0 Å². The van der Waals surface area contributed by atoms with Crippen molar-refractivity contribution < 1.29 is 26.7 Å². The first-order valence-corrected chi connectivity index (χ1v) is 7.42. The maximum Gasteiger partial charge on any atom is 0.435 e. The van der Waals surface area contributed by atoms with Crippen LogP contribution in [0.25, 0.3) is 0 Å². The Hall–Kier alpha value is -2.18. The molecule has 0 bridgehead atoms. The number of nitrogens with one attached hydrogen (secondary N) is 1. The Labute approximate surface area is 136 Å². The zero-order valence-electron chi connectivity index (χ0n) is 12.3. The molecular formula is C11H11F5N6OS. The average molecular weight is 370 g/mol. The number of nitrogens with zero attached hydrogens (tertiary/aromatic N) is 5. The van der Waals surface area contributed by atoms with Crippen molar-refractivity contribution in [2.24, 2.45) is 7.05 Å². The molecule has 0 atom stereocenters. The number of hydrogen-bond donors (Lipinski definition) is 1. The fourth-order valence-corrected chi connectivity index (χ4v) is 2.35. The second kappa shape index (κ2) is 6.75. The normalized spacial score (nSPS) is 12.0. The lowest BCUT2D eigenvalue weighted by molar-refractivity contribution is -0.141. The lowest BCUT2D eigenvalue weighted by Gasteiger charge is -2.10. The molecule has 24 heavy (non-hydrogen) atoms. The minimum Gasteiger partial charge on any atom is -0.266 e. The molecule has 0 aromatic carbocycles. The minimum atomic E-state index is -4.73. The van der Waals surface area contributed by atoms with Gasteiger partial charge in [0.05, 0.1) is 0 Å². The van der Waals surface area contributed by atoms with Gasteiger partial charge in [-0.3, -0.25) is 14.9 Å². The van der Waals surface area contributed by atoms with E-state index in [1.54, 1.807) is 6.92 Å². The first-order chi connectivity index (χ1) is 11.1. The maximum atomic E-state index is 12.9. The van der Waals surface area contributed by atoms with Crippen LogP contribution in [0.5, 0.6) is 0 Å². The van der Waals surface area contributed by atoms with Crippen molar-refractivity contribution in [1.82, 2.24) is 24.7 Å². The van der Waals surface area contributed by atoms with E-state index in [2.05, 4.69) is 20.7 Å². The summed E-state index contributed by atoms with van der Waals surface area (Å²) in [6, 6.07) is 0.522. The minimum absolute atomic E-state index is 0.0145. The van der Waals surface area contributed by atoms with Crippen LogP contribution < -0.4 is 5.43 Å². The van der Waals surface area contributed by atoms with Crippen LogP contribution in [-0.2, 0) is 13.2 Å². The average Bonchev–Trinajstić information content (AvgIpc) is 3.03. The van der Waals surface area contributed by atoms with E-state index < -0.39 is 35.7 Å². The summed E-state index contributed by atoms with van der Waals surface area (Å²) in [5, 5.41) is 9.96. The molecule has 0 spiro atoms. The molecule has 1 amide bonds. The van der Waals surface area contributed by atoms with Gasteiger partial charge in [-0.2, -0.15) is 18.3 Å². The molecule has 1 N–H and O–H groups in total. The molecule has 132 valence electrons.